The van der Waals surface area contributed by atoms with Crippen molar-refractivity contribution in [3.63, 3.8) is 0 Å². The first-order chi connectivity index (χ1) is 8.65. The maximum absolute atomic E-state index is 12.6. The molecule has 1 fully saturated rings. The van der Waals surface area contributed by atoms with Crippen molar-refractivity contribution in [1.29, 1.82) is 0 Å². The second kappa shape index (κ2) is 5.87. The van der Waals surface area contributed by atoms with Crippen molar-refractivity contribution in [2.45, 2.75) is 45.6 Å². The molecule has 1 aliphatic rings. The lowest BCUT2D eigenvalue weighted by Crippen LogP contribution is -2.38. The van der Waals surface area contributed by atoms with E-state index in [1.165, 1.54) is 12.8 Å². The SMILES string of the molecule is CCN(C(=O)c1cccc(C)c1Br)C1CCCC1. The largest absolute Gasteiger partial charge is 0.336 e. The molecule has 1 aromatic carbocycles. The van der Waals surface area contributed by atoms with Crippen LogP contribution >= 0.6 is 15.9 Å². The van der Waals surface area contributed by atoms with Crippen LogP contribution in [0.3, 0.4) is 0 Å². The third kappa shape index (κ3) is 2.61. The highest BCUT2D eigenvalue weighted by atomic mass is 79.9. The van der Waals surface area contributed by atoms with Gasteiger partial charge >= 0.3 is 0 Å². The Bertz CT molecular complexity index is 438. The van der Waals surface area contributed by atoms with Gasteiger partial charge in [0.05, 0.1) is 5.56 Å². The summed E-state index contributed by atoms with van der Waals surface area (Å²) in [4.78, 5) is 14.7. The summed E-state index contributed by atoms with van der Waals surface area (Å²) in [6.45, 7) is 4.89. The second-order valence-electron chi connectivity index (χ2n) is 4.97. The minimum atomic E-state index is 0.167. The first-order valence-electron chi connectivity index (χ1n) is 6.71. The average Bonchev–Trinajstić information content (AvgIpc) is 2.87. The molecule has 0 heterocycles. The summed E-state index contributed by atoms with van der Waals surface area (Å²) < 4.78 is 0.937. The van der Waals surface area contributed by atoms with Crippen LogP contribution in [-0.2, 0) is 0 Å². The number of aryl methyl sites for hydroxylation is 1. The highest BCUT2D eigenvalue weighted by Crippen LogP contribution is 2.27. The van der Waals surface area contributed by atoms with Gasteiger partial charge in [-0.2, -0.15) is 0 Å². The van der Waals surface area contributed by atoms with E-state index in [0.717, 1.165) is 35.0 Å². The quantitative estimate of drug-likeness (QED) is 0.821. The van der Waals surface area contributed by atoms with E-state index in [-0.39, 0.29) is 5.91 Å². The number of rotatable bonds is 3. The van der Waals surface area contributed by atoms with Crippen LogP contribution in [0.2, 0.25) is 0 Å². The number of carbonyl (C=O) groups excluding carboxylic acids is 1. The zero-order valence-electron chi connectivity index (χ0n) is 11.1. The van der Waals surface area contributed by atoms with Gasteiger partial charge in [-0.3, -0.25) is 4.79 Å². The van der Waals surface area contributed by atoms with Gasteiger partial charge in [0.15, 0.2) is 0 Å². The summed E-state index contributed by atoms with van der Waals surface area (Å²) in [6.07, 6.45) is 4.82. The third-order valence-corrected chi connectivity index (χ3v) is 4.84. The van der Waals surface area contributed by atoms with Crippen LogP contribution in [-0.4, -0.2) is 23.4 Å². The predicted octanol–water partition coefficient (Wildman–Crippen LogP) is 4.16. The van der Waals surface area contributed by atoms with Gasteiger partial charge in [-0.1, -0.05) is 25.0 Å². The topological polar surface area (TPSA) is 20.3 Å². The van der Waals surface area contributed by atoms with E-state index >= 15 is 0 Å². The molecule has 98 valence electrons. The van der Waals surface area contributed by atoms with Crippen molar-refractivity contribution in [2.24, 2.45) is 0 Å². The number of halogens is 1. The van der Waals surface area contributed by atoms with Gasteiger partial charge in [0, 0.05) is 17.1 Å². The molecule has 0 radical (unpaired) electrons. The minimum Gasteiger partial charge on any atom is -0.336 e. The van der Waals surface area contributed by atoms with E-state index in [1.807, 2.05) is 30.0 Å². The smallest absolute Gasteiger partial charge is 0.255 e. The Morgan fingerprint density at radius 2 is 2.06 bits per heavy atom. The monoisotopic (exact) mass is 309 g/mol. The molecule has 1 aromatic rings. The molecule has 1 aliphatic carbocycles. The summed E-state index contributed by atoms with van der Waals surface area (Å²) >= 11 is 3.54. The summed E-state index contributed by atoms with van der Waals surface area (Å²) in [6, 6.07) is 6.33. The van der Waals surface area contributed by atoms with E-state index < -0.39 is 0 Å². The van der Waals surface area contributed by atoms with Crippen LogP contribution in [0, 0.1) is 6.92 Å². The maximum atomic E-state index is 12.6. The Kier molecular flexibility index (Phi) is 4.44. The van der Waals surface area contributed by atoms with E-state index in [0.29, 0.717) is 6.04 Å². The summed E-state index contributed by atoms with van der Waals surface area (Å²) in [7, 11) is 0. The lowest BCUT2D eigenvalue weighted by Gasteiger charge is -2.28. The van der Waals surface area contributed by atoms with Gasteiger partial charge in [0.25, 0.3) is 5.91 Å². The predicted molar refractivity (Wildman–Crippen MR) is 77.8 cm³/mol. The van der Waals surface area contributed by atoms with Gasteiger partial charge < -0.3 is 4.90 Å². The number of carbonyl (C=O) groups is 1. The molecule has 2 rings (SSSR count). The fourth-order valence-corrected chi connectivity index (χ4v) is 3.18. The molecule has 18 heavy (non-hydrogen) atoms. The molecule has 0 aromatic heterocycles. The molecule has 0 atom stereocenters. The minimum absolute atomic E-state index is 0.167. The fourth-order valence-electron chi connectivity index (χ4n) is 2.75. The number of hydrogen-bond acceptors (Lipinski definition) is 1. The summed E-state index contributed by atoms with van der Waals surface area (Å²) in [5, 5.41) is 0. The number of benzene rings is 1. The molecule has 1 saturated carbocycles. The lowest BCUT2D eigenvalue weighted by molar-refractivity contribution is 0.0692. The van der Waals surface area contributed by atoms with Crippen molar-refractivity contribution >= 4 is 21.8 Å². The van der Waals surface area contributed by atoms with Crippen LogP contribution in [0.15, 0.2) is 22.7 Å². The van der Waals surface area contributed by atoms with Crippen LogP contribution < -0.4 is 0 Å². The van der Waals surface area contributed by atoms with Crippen molar-refractivity contribution in [2.75, 3.05) is 6.54 Å². The normalized spacial score (nSPS) is 15.9. The third-order valence-electron chi connectivity index (χ3n) is 3.79. The Balaban J connectivity index is 2.25. The molecule has 0 bridgehead atoms. The molecular formula is C15H20BrNO. The van der Waals surface area contributed by atoms with Gasteiger partial charge in [-0.05, 0) is 54.2 Å². The van der Waals surface area contributed by atoms with E-state index in [1.54, 1.807) is 0 Å². The Hall–Kier alpha value is -0.830. The van der Waals surface area contributed by atoms with Gasteiger partial charge in [0.2, 0.25) is 0 Å². The van der Waals surface area contributed by atoms with Crippen molar-refractivity contribution < 1.29 is 4.79 Å². The first-order valence-corrected chi connectivity index (χ1v) is 7.50. The van der Waals surface area contributed by atoms with Crippen molar-refractivity contribution in [3.05, 3.63) is 33.8 Å². The number of nitrogens with zero attached hydrogens (tertiary/aromatic N) is 1. The van der Waals surface area contributed by atoms with E-state index in [2.05, 4.69) is 22.9 Å². The molecule has 3 heteroatoms. The fraction of sp³-hybridized carbons (Fsp3) is 0.533. The zero-order chi connectivity index (χ0) is 13.1. The zero-order valence-corrected chi connectivity index (χ0v) is 12.7. The molecular weight excluding hydrogens is 290 g/mol. The van der Waals surface area contributed by atoms with Crippen LogP contribution in [0.1, 0.15) is 48.5 Å². The molecule has 0 saturated heterocycles. The molecule has 0 aliphatic heterocycles. The van der Waals surface area contributed by atoms with Gasteiger partial charge in [-0.15, -0.1) is 0 Å². The van der Waals surface area contributed by atoms with Crippen molar-refractivity contribution in [1.82, 2.24) is 4.90 Å². The number of hydrogen-bond donors (Lipinski definition) is 0. The summed E-state index contributed by atoms with van der Waals surface area (Å²) in [5.41, 5.74) is 1.91. The first kappa shape index (κ1) is 13.6. The Labute approximate surface area is 117 Å². The van der Waals surface area contributed by atoms with Crippen LogP contribution in [0.4, 0.5) is 0 Å². The summed E-state index contributed by atoms with van der Waals surface area (Å²) in [5.74, 6) is 0.167. The molecule has 0 N–H and O–H groups in total. The maximum Gasteiger partial charge on any atom is 0.255 e. The Morgan fingerprint density at radius 3 is 2.67 bits per heavy atom. The lowest BCUT2D eigenvalue weighted by atomic mass is 10.1. The standard InChI is InChI=1S/C15H20BrNO/c1-3-17(12-8-4-5-9-12)15(18)13-10-6-7-11(2)14(13)16/h6-7,10,12H,3-5,8-9H2,1-2H3. The molecule has 0 unspecified atom stereocenters. The molecule has 2 nitrogen and oxygen atoms in total. The molecule has 1 amide bonds. The van der Waals surface area contributed by atoms with Gasteiger partial charge in [0.1, 0.15) is 0 Å². The average molecular weight is 310 g/mol. The van der Waals surface area contributed by atoms with Crippen LogP contribution in [0.25, 0.3) is 0 Å². The number of amides is 1. The highest BCUT2D eigenvalue weighted by molar-refractivity contribution is 9.10. The highest BCUT2D eigenvalue weighted by Gasteiger charge is 2.27. The van der Waals surface area contributed by atoms with Crippen LogP contribution in [0.5, 0.6) is 0 Å². The van der Waals surface area contributed by atoms with E-state index in [4.69, 9.17) is 0 Å². The molecule has 0 spiro atoms. The van der Waals surface area contributed by atoms with Gasteiger partial charge in [-0.25, -0.2) is 0 Å². The Morgan fingerprint density at radius 1 is 1.39 bits per heavy atom. The van der Waals surface area contributed by atoms with E-state index in [9.17, 15) is 4.79 Å². The second-order valence-corrected chi connectivity index (χ2v) is 5.76. The van der Waals surface area contributed by atoms with Crippen molar-refractivity contribution in [3.8, 4) is 0 Å².